The molecule has 0 radical (unpaired) electrons. The number of carboxylic acid groups (broad SMARTS) is 1. The average molecular weight is 529 g/mol. The molecule has 4 heterocycles. The summed E-state index contributed by atoms with van der Waals surface area (Å²) in [7, 11) is -3.81. The predicted molar refractivity (Wildman–Crippen MR) is 118 cm³/mol. The van der Waals surface area contributed by atoms with Crippen molar-refractivity contribution in [2.24, 2.45) is 5.16 Å². The number of rotatable bonds is 8. The van der Waals surface area contributed by atoms with Crippen LogP contribution in [-0.4, -0.2) is 90.4 Å². The summed E-state index contributed by atoms with van der Waals surface area (Å²) in [5, 5.41) is 34.5. The van der Waals surface area contributed by atoms with Crippen molar-refractivity contribution in [2.45, 2.75) is 17.2 Å². The second-order valence-corrected chi connectivity index (χ2v) is 11.2. The highest BCUT2D eigenvalue weighted by molar-refractivity contribution is 8.00. The van der Waals surface area contributed by atoms with Crippen molar-refractivity contribution in [1.29, 1.82) is 0 Å². The molecule has 6 N–H and O–H groups in total. The number of hydrogen-bond donors (Lipinski definition) is 5. The molecule has 0 aromatic carbocycles. The van der Waals surface area contributed by atoms with Gasteiger partial charge in [-0.2, -0.15) is 15.4 Å². The number of fused-ring (bicyclic) bond motifs is 1. The van der Waals surface area contributed by atoms with Gasteiger partial charge in [0.2, 0.25) is 0 Å². The number of H-pyrrole nitrogens is 1. The highest BCUT2D eigenvalue weighted by Gasteiger charge is 2.54. The van der Waals surface area contributed by atoms with E-state index in [9.17, 15) is 33.1 Å². The van der Waals surface area contributed by atoms with Crippen LogP contribution in [-0.2, 0) is 30.0 Å². The molecule has 180 valence electrons. The molecule has 2 amide bonds. The van der Waals surface area contributed by atoms with E-state index < -0.39 is 62.0 Å². The van der Waals surface area contributed by atoms with Crippen molar-refractivity contribution in [3.63, 3.8) is 0 Å². The van der Waals surface area contributed by atoms with Gasteiger partial charge in [0.15, 0.2) is 20.7 Å². The number of nitrogen functional groups attached to an aromatic ring is 1. The van der Waals surface area contributed by atoms with Crippen molar-refractivity contribution in [3.05, 3.63) is 34.2 Å². The number of amides is 2. The van der Waals surface area contributed by atoms with Crippen molar-refractivity contribution in [3.8, 4) is 0 Å². The number of aromatic nitrogens is 4. The van der Waals surface area contributed by atoms with Gasteiger partial charge in [-0.05, 0) is 5.57 Å². The van der Waals surface area contributed by atoms with Crippen LogP contribution >= 0.6 is 23.1 Å². The molecule has 0 spiro atoms. The largest absolute Gasteiger partial charge is 0.477 e. The quantitative estimate of drug-likeness (QED) is 0.112. The van der Waals surface area contributed by atoms with Gasteiger partial charge in [0.25, 0.3) is 11.8 Å². The number of thioether (sulfide) groups is 1. The molecule has 2 aromatic heterocycles. The standard InChI is InChI=1S/C16H16N8O7S3/c17-16-19-8(3-33-16)9(22-29)12(25)20-10-13(26)24-11(15(27)28)6(2-32-14(10)24)4-34(30,31)5-7-1-18-23-21-7/h1,3,10,14,29H,2,4-5H2,(H2,17,19)(H,20,25)(H,27,28)(H,18,21,23)/b22-9-/t10?,14-/m1/s1. The number of aromatic amines is 1. The Balaban J connectivity index is 1.51. The highest BCUT2D eigenvalue weighted by atomic mass is 32.2. The fourth-order valence-corrected chi connectivity index (χ4v) is 6.93. The van der Waals surface area contributed by atoms with E-state index in [1.165, 1.54) is 11.6 Å². The van der Waals surface area contributed by atoms with E-state index in [-0.39, 0.29) is 27.8 Å². The Kier molecular flexibility index (Phi) is 6.28. The van der Waals surface area contributed by atoms with Gasteiger partial charge in [0.1, 0.15) is 22.8 Å². The molecule has 2 aromatic rings. The Morgan fingerprint density at radius 3 is 2.74 bits per heavy atom. The Hall–Kier alpha value is -3.51. The van der Waals surface area contributed by atoms with Crippen LogP contribution in [0.5, 0.6) is 0 Å². The molecule has 1 saturated heterocycles. The van der Waals surface area contributed by atoms with Crippen LogP contribution in [0.1, 0.15) is 11.4 Å². The molecule has 34 heavy (non-hydrogen) atoms. The number of thiazole rings is 1. The molecule has 0 bridgehead atoms. The fourth-order valence-electron chi connectivity index (χ4n) is 3.45. The molecule has 2 aliphatic heterocycles. The Bertz CT molecular complexity index is 1320. The Morgan fingerprint density at radius 2 is 2.15 bits per heavy atom. The van der Waals surface area contributed by atoms with Gasteiger partial charge in [-0.1, -0.05) is 5.16 Å². The number of oxime groups is 1. The molecule has 2 aliphatic rings. The van der Waals surface area contributed by atoms with Gasteiger partial charge in [-0.15, -0.1) is 23.1 Å². The number of anilines is 1. The summed E-state index contributed by atoms with van der Waals surface area (Å²) in [5.41, 5.74) is 4.84. The number of hydrogen-bond acceptors (Lipinski definition) is 13. The fraction of sp³-hybridized carbons (Fsp3) is 0.312. The molecule has 1 unspecified atom stereocenters. The van der Waals surface area contributed by atoms with Crippen molar-refractivity contribution in [1.82, 2.24) is 30.6 Å². The third-order valence-corrected chi connectivity index (χ3v) is 8.38. The summed E-state index contributed by atoms with van der Waals surface area (Å²) in [4.78, 5) is 42.0. The minimum atomic E-state index is -3.81. The van der Waals surface area contributed by atoms with Crippen LogP contribution in [0, 0.1) is 0 Å². The summed E-state index contributed by atoms with van der Waals surface area (Å²) in [6.07, 6.45) is 1.24. The van der Waals surface area contributed by atoms with Crippen LogP contribution in [0.4, 0.5) is 5.13 Å². The van der Waals surface area contributed by atoms with Crippen LogP contribution in [0.25, 0.3) is 0 Å². The van der Waals surface area contributed by atoms with Gasteiger partial charge in [0, 0.05) is 11.1 Å². The van der Waals surface area contributed by atoms with Crippen molar-refractivity contribution >= 4 is 61.6 Å². The topological polar surface area (TPSA) is 234 Å². The molecule has 15 nitrogen and oxygen atoms in total. The normalized spacial score (nSPS) is 20.6. The Labute approximate surface area is 199 Å². The second-order valence-electron chi connectivity index (χ2n) is 7.13. The molecule has 4 rings (SSSR count). The lowest BCUT2D eigenvalue weighted by molar-refractivity contribution is -0.150. The van der Waals surface area contributed by atoms with Gasteiger partial charge in [-0.25, -0.2) is 18.2 Å². The maximum Gasteiger partial charge on any atom is 0.352 e. The molecule has 0 saturated carbocycles. The second kappa shape index (κ2) is 9.03. The van der Waals surface area contributed by atoms with Crippen LogP contribution in [0.2, 0.25) is 0 Å². The molecular formula is C16H16N8O7S3. The van der Waals surface area contributed by atoms with Crippen molar-refractivity contribution in [2.75, 3.05) is 17.2 Å². The monoisotopic (exact) mass is 528 g/mol. The number of β-lactam (4-membered cyclic amide) rings is 1. The first kappa shape index (κ1) is 23.6. The van der Waals surface area contributed by atoms with Crippen LogP contribution in [0.3, 0.4) is 0 Å². The lowest BCUT2D eigenvalue weighted by Crippen LogP contribution is -2.71. The zero-order valence-corrected chi connectivity index (χ0v) is 19.4. The van der Waals surface area contributed by atoms with Crippen LogP contribution < -0.4 is 11.1 Å². The molecule has 18 heteroatoms. The van der Waals surface area contributed by atoms with E-state index in [1.807, 2.05) is 0 Å². The predicted octanol–water partition coefficient (Wildman–Crippen LogP) is -1.62. The molecule has 1 fully saturated rings. The summed E-state index contributed by atoms with van der Waals surface area (Å²) < 4.78 is 25.1. The first-order valence-corrected chi connectivity index (χ1v) is 13.1. The Morgan fingerprint density at radius 1 is 1.38 bits per heavy atom. The summed E-state index contributed by atoms with van der Waals surface area (Å²) >= 11 is 2.12. The maximum atomic E-state index is 12.8. The lowest BCUT2D eigenvalue weighted by atomic mass is 10.0. The van der Waals surface area contributed by atoms with Gasteiger partial charge >= 0.3 is 5.97 Å². The summed E-state index contributed by atoms with van der Waals surface area (Å²) in [5.74, 6) is -4.16. The average Bonchev–Trinajstić information content (AvgIpc) is 3.43. The zero-order valence-electron chi connectivity index (χ0n) is 16.9. The number of carbonyl (C=O) groups excluding carboxylic acids is 2. The number of sulfone groups is 1. The van der Waals surface area contributed by atoms with Gasteiger partial charge < -0.3 is 21.4 Å². The van der Waals surface area contributed by atoms with E-state index in [0.717, 1.165) is 28.0 Å². The third kappa shape index (κ3) is 4.46. The zero-order chi connectivity index (χ0) is 24.6. The number of aliphatic carboxylic acids is 1. The number of nitrogens with zero attached hydrogens (tertiary/aromatic N) is 5. The number of carbonyl (C=O) groups is 3. The van der Waals surface area contributed by atoms with E-state index in [2.05, 4.69) is 30.9 Å². The first-order valence-electron chi connectivity index (χ1n) is 9.30. The highest BCUT2D eigenvalue weighted by Crippen LogP contribution is 2.40. The summed E-state index contributed by atoms with van der Waals surface area (Å²) in [6.45, 7) is 0. The first-order chi connectivity index (χ1) is 16.1. The number of nitrogens with two attached hydrogens (primary N) is 1. The number of nitrogens with one attached hydrogen (secondary N) is 2. The van der Waals surface area contributed by atoms with E-state index in [4.69, 9.17) is 5.73 Å². The molecular weight excluding hydrogens is 512 g/mol. The smallest absolute Gasteiger partial charge is 0.352 e. The minimum absolute atomic E-state index is 0.00403. The SMILES string of the molecule is Nc1nc(/C(=N/O)C(=O)NC2C(=O)N3C(C(=O)O)=C(CS(=O)(=O)Cc4cn[nH]n4)CS[C@H]23)cs1. The van der Waals surface area contributed by atoms with E-state index >= 15 is 0 Å². The van der Waals surface area contributed by atoms with Crippen molar-refractivity contribution < 1.29 is 33.1 Å². The maximum absolute atomic E-state index is 12.8. The number of carboxylic acids is 1. The van der Waals surface area contributed by atoms with Gasteiger partial charge in [0.05, 0.1) is 23.4 Å². The molecule has 0 aliphatic carbocycles. The molecule has 2 atom stereocenters. The lowest BCUT2D eigenvalue weighted by Gasteiger charge is -2.49. The van der Waals surface area contributed by atoms with Gasteiger partial charge in [-0.3, -0.25) is 14.5 Å². The minimum Gasteiger partial charge on any atom is -0.477 e. The third-order valence-electron chi connectivity index (χ3n) is 4.84. The van der Waals surface area contributed by atoms with E-state index in [1.54, 1.807) is 0 Å². The van der Waals surface area contributed by atoms with Crippen LogP contribution in [0.15, 0.2) is 28.0 Å². The summed E-state index contributed by atoms with van der Waals surface area (Å²) in [6, 6.07) is -1.12. The van der Waals surface area contributed by atoms with E-state index in [0.29, 0.717) is 0 Å².